The third kappa shape index (κ3) is 4.71. The summed E-state index contributed by atoms with van der Waals surface area (Å²) in [7, 11) is 3.14. The quantitative estimate of drug-likeness (QED) is 0.502. The number of carbonyl (C=O) groups excluding carboxylic acids is 2. The van der Waals surface area contributed by atoms with Gasteiger partial charge in [-0.25, -0.2) is 9.79 Å². The fourth-order valence-corrected chi connectivity index (χ4v) is 4.19. The minimum atomic E-state index is -0.595. The minimum Gasteiger partial charge on any atom is -0.496 e. The number of thioether (sulfide) groups is 1. The highest BCUT2D eigenvalue weighted by molar-refractivity contribution is 8.14. The van der Waals surface area contributed by atoms with Crippen molar-refractivity contribution in [2.75, 3.05) is 33.2 Å². The number of fused-ring (bicyclic) bond motifs is 1. The highest BCUT2D eigenvalue weighted by atomic mass is 32.2. The van der Waals surface area contributed by atoms with E-state index in [2.05, 4.69) is 4.99 Å². The smallest absolute Gasteiger partial charge is 0.338 e. The first-order valence-electron chi connectivity index (χ1n) is 9.28. The summed E-state index contributed by atoms with van der Waals surface area (Å²) in [6, 6.07) is 6.96. The van der Waals surface area contributed by atoms with Gasteiger partial charge in [-0.15, -0.1) is 0 Å². The van der Waals surface area contributed by atoms with E-state index in [0.717, 1.165) is 5.56 Å². The van der Waals surface area contributed by atoms with E-state index in [1.807, 2.05) is 36.4 Å². The molecule has 2 aliphatic heterocycles. The topological polar surface area (TPSA) is 77.4 Å². The third-order valence-electron chi connectivity index (χ3n) is 4.59. The zero-order valence-electron chi connectivity index (χ0n) is 16.7. The molecule has 0 bridgehead atoms. The lowest BCUT2D eigenvalue weighted by molar-refractivity contribution is -0.141. The average molecular weight is 416 g/mol. The number of amides is 1. The molecular formula is C21H24N2O5S. The van der Waals surface area contributed by atoms with Gasteiger partial charge in [0.1, 0.15) is 12.4 Å². The second-order valence-corrected chi connectivity index (χ2v) is 7.49. The number of ether oxygens (including phenoxy) is 3. The molecule has 1 unspecified atom stereocenters. The van der Waals surface area contributed by atoms with Crippen LogP contribution in [0, 0.1) is 0 Å². The van der Waals surface area contributed by atoms with E-state index in [1.54, 1.807) is 18.9 Å². The van der Waals surface area contributed by atoms with Gasteiger partial charge in [-0.05, 0) is 13.0 Å². The van der Waals surface area contributed by atoms with Crippen LogP contribution < -0.4 is 4.74 Å². The summed E-state index contributed by atoms with van der Waals surface area (Å²) in [6.45, 7) is 2.20. The predicted octanol–water partition coefficient (Wildman–Crippen LogP) is 2.88. The van der Waals surface area contributed by atoms with Gasteiger partial charge in [0.15, 0.2) is 5.17 Å². The zero-order valence-corrected chi connectivity index (χ0v) is 17.5. The number of hydrogen-bond donors (Lipinski definition) is 0. The molecule has 3 rings (SSSR count). The highest BCUT2D eigenvalue weighted by Crippen LogP contribution is 2.33. The lowest BCUT2D eigenvalue weighted by atomic mass is 10.00. The normalized spacial score (nSPS) is 19.3. The monoisotopic (exact) mass is 416 g/mol. The van der Waals surface area contributed by atoms with Gasteiger partial charge in [0.2, 0.25) is 5.91 Å². The molecule has 1 atom stereocenters. The molecule has 29 heavy (non-hydrogen) atoms. The maximum atomic E-state index is 12.8. The van der Waals surface area contributed by atoms with E-state index >= 15 is 0 Å². The summed E-state index contributed by atoms with van der Waals surface area (Å²) in [4.78, 5) is 31.6. The molecule has 1 fully saturated rings. The molecule has 8 heteroatoms. The van der Waals surface area contributed by atoms with Gasteiger partial charge < -0.3 is 14.2 Å². The van der Waals surface area contributed by atoms with Crippen LogP contribution in [0.25, 0.3) is 6.08 Å². The number of para-hydroxylation sites is 1. The van der Waals surface area contributed by atoms with Crippen LogP contribution in [0.1, 0.15) is 18.9 Å². The first-order valence-corrected chi connectivity index (χ1v) is 10.3. The van der Waals surface area contributed by atoms with Gasteiger partial charge in [0.25, 0.3) is 0 Å². The van der Waals surface area contributed by atoms with E-state index in [1.165, 1.54) is 18.9 Å². The fourth-order valence-electron chi connectivity index (χ4n) is 3.18. The van der Waals surface area contributed by atoms with Crippen LogP contribution in [0.4, 0.5) is 0 Å². The SMILES string of the molecule is COCCOC(=O)C1=C(C)N=C2SCCC(=O)N2C1C=Cc1ccccc1OC. The van der Waals surface area contributed by atoms with Crippen molar-refractivity contribution < 1.29 is 23.8 Å². The standard InChI is InChI=1S/C21H24N2O5S/c1-14-19(20(25)28-12-11-26-2)16(23-18(24)10-13-29-21(23)22-14)9-8-15-6-4-5-7-17(15)27-3/h4-9,16H,10-13H2,1-3H3. The van der Waals surface area contributed by atoms with Crippen molar-refractivity contribution in [2.24, 2.45) is 4.99 Å². The summed E-state index contributed by atoms with van der Waals surface area (Å²) in [5.74, 6) is 0.822. The van der Waals surface area contributed by atoms with E-state index in [4.69, 9.17) is 14.2 Å². The fraction of sp³-hybridized carbons (Fsp3) is 0.381. The molecule has 0 radical (unpaired) electrons. The number of rotatable bonds is 7. The molecule has 2 heterocycles. The van der Waals surface area contributed by atoms with Gasteiger partial charge in [-0.2, -0.15) is 0 Å². The second-order valence-electron chi connectivity index (χ2n) is 6.43. The molecule has 0 saturated carbocycles. The number of methoxy groups -OCH3 is 2. The van der Waals surface area contributed by atoms with Crippen LogP contribution in [0.3, 0.4) is 0 Å². The number of amidine groups is 1. The van der Waals surface area contributed by atoms with E-state index < -0.39 is 12.0 Å². The van der Waals surface area contributed by atoms with Crippen molar-refractivity contribution in [3.63, 3.8) is 0 Å². The molecule has 0 N–H and O–H groups in total. The summed E-state index contributed by atoms with van der Waals surface area (Å²) in [5, 5.41) is 0.613. The van der Waals surface area contributed by atoms with Gasteiger partial charge in [-0.1, -0.05) is 42.1 Å². The number of allylic oxidation sites excluding steroid dienone is 1. The summed E-state index contributed by atoms with van der Waals surface area (Å²) in [6.07, 6.45) is 4.08. The minimum absolute atomic E-state index is 0.0631. The number of carbonyl (C=O) groups is 2. The van der Waals surface area contributed by atoms with Crippen LogP contribution >= 0.6 is 11.8 Å². The lowest BCUT2D eigenvalue weighted by Crippen LogP contribution is -2.49. The summed E-state index contributed by atoms with van der Waals surface area (Å²) >= 11 is 1.51. The van der Waals surface area contributed by atoms with E-state index in [9.17, 15) is 9.59 Å². The first-order chi connectivity index (χ1) is 14.1. The van der Waals surface area contributed by atoms with Crippen molar-refractivity contribution >= 4 is 34.9 Å². The van der Waals surface area contributed by atoms with Crippen molar-refractivity contribution in [1.29, 1.82) is 0 Å². The Hall–Kier alpha value is -2.58. The number of nitrogens with zero attached hydrogens (tertiary/aromatic N) is 2. The van der Waals surface area contributed by atoms with E-state index in [-0.39, 0.29) is 12.5 Å². The van der Waals surface area contributed by atoms with Gasteiger partial charge >= 0.3 is 5.97 Å². The Morgan fingerprint density at radius 1 is 1.31 bits per heavy atom. The number of benzene rings is 1. The Bertz CT molecular complexity index is 878. The summed E-state index contributed by atoms with van der Waals surface area (Å²) < 4.78 is 15.7. The maximum absolute atomic E-state index is 12.8. The molecule has 0 spiro atoms. The molecular weight excluding hydrogens is 392 g/mol. The van der Waals surface area contributed by atoms with E-state index in [0.29, 0.717) is 41.0 Å². The van der Waals surface area contributed by atoms with Crippen LogP contribution in [-0.4, -0.2) is 61.2 Å². The van der Waals surface area contributed by atoms with Crippen molar-refractivity contribution in [3.05, 3.63) is 47.2 Å². The van der Waals surface area contributed by atoms with Gasteiger partial charge in [-0.3, -0.25) is 9.69 Å². The van der Waals surface area contributed by atoms with Gasteiger partial charge in [0, 0.05) is 24.8 Å². The Kier molecular flexibility index (Phi) is 7.11. The van der Waals surface area contributed by atoms with Crippen molar-refractivity contribution in [3.8, 4) is 5.75 Å². The molecule has 0 aromatic heterocycles. The first kappa shape index (κ1) is 21.1. The Balaban J connectivity index is 1.98. The van der Waals surface area contributed by atoms with Crippen LogP contribution in [-0.2, 0) is 19.1 Å². The molecule has 154 valence electrons. The molecule has 0 aliphatic carbocycles. The zero-order chi connectivity index (χ0) is 20.8. The molecule has 1 aromatic rings. The maximum Gasteiger partial charge on any atom is 0.338 e. The van der Waals surface area contributed by atoms with Gasteiger partial charge in [0.05, 0.1) is 31.0 Å². The predicted molar refractivity (Wildman–Crippen MR) is 113 cm³/mol. The molecule has 1 saturated heterocycles. The Labute approximate surface area is 174 Å². The molecule has 2 aliphatic rings. The van der Waals surface area contributed by atoms with Crippen LogP contribution in [0.5, 0.6) is 5.75 Å². The summed E-state index contributed by atoms with van der Waals surface area (Å²) in [5.41, 5.74) is 1.75. The number of hydrogen-bond acceptors (Lipinski definition) is 7. The van der Waals surface area contributed by atoms with Crippen LogP contribution in [0.2, 0.25) is 0 Å². The largest absolute Gasteiger partial charge is 0.496 e. The number of esters is 1. The Morgan fingerprint density at radius 2 is 2.10 bits per heavy atom. The molecule has 1 amide bonds. The van der Waals surface area contributed by atoms with Crippen molar-refractivity contribution in [1.82, 2.24) is 4.90 Å². The second kappa shape index (κ2) is 9.76. The average Bonchev–Trinajstić information content (AvgIpc) is 2.72. The highest BCUT2D eigenvalue weighted by Gasteiger charge is 2.39. The number of aliphatic imine (C=N–C) groups is 1. The van der Waals surface area contributed by atoms with Crippen LogP contribution in [0.15, 0.2) is 46.6 Å². The lowest BCUT2D eigenvalue weighted by Gasteiger charge is -2.37. The third-order valence-corrected chi connectivity index (χ3v) is 5.54. The Morgan fingerprint density at radius 3 is 2.86 bits per heavy atom. The van der Waals surface area contributed by atoms with Crippen molar-refractivity contribution in [2.45, 2.75) is 19.4 Å². The molecule has 1 aromatic carbocycles. The molecule has 7 nitrogen and oxygen atoms in total.